The Bertz CT molecular complexity index is 1210. The molecule has 2 heterocycles. The first-order chi connectivity index (χ1) is 14.2. The molecule has 9 heteroatoms. The topological polar surface area (TPSA) is 119 Å². The molecule has 2 aromatic heterocycles. The van der Waals surface area contributed by atoms with Gasteiger partial charge in [0.05, 0.1) is 29.2 Å². The third-order valence-corrected chi connectivity index (χ3v) is 6.07. The minimum atomic E-state index is -3.27. The molecule has 1 amide bonds. The largest absolute Gasteiger partial charge is 0.380 e. The van der Waals surface area contributed by atoms with Crippen LogP contribution in [-0.4, -0.2) is 36.2 Å². The van der Waals surface area contributed by atoms with Crippen molar-refractivity contribution in [2.75, 3.05) is 11.6 Å². The molecule has 1 fully saturated rings. The van der Waals surface area contributed by atoms with Crippen LogP contribution in [0, 0.1) is 5.92 Å². The van der Waals surface area contributed by atoms with E-state index in [1.54, 1.807) is 4.52 Å². The van der Waals surface area contributed by atoms with Crippen LogP contribution in [0.15, 0.2) is 42.7 Å². The molecule has 4 N–H and O–H groups in total. The first kappa shape index (κ1) is 20.4. The molecule has 1 aliphatic carbocycles. The number of amides is 1. The zero-order valence-electron chi connectivity index (χ0n) is 16.9. The molecule has 1 aliphatic rings. The van der Waals surface area contributed by atoms with Crippen molar-refractivity contribution in [2.45, 2.75) is 32.4 Å². The predicted molar refractivity (Wildman–Crippen MR) is 117 cm³/mol. The lowest BCUT2D eigenvalue weighted by molar-refractivity contribution is 0.100. The standard InChI is InChI=1S/C21H25N5O3S/c1-13(15-6-7-15)25-20-18(21(22)27)11-23-26-12-17(9-19(20)26)16-5-3-4-14(8-16)10-24-30(2,28)29/h3-5,8-9,11-13,15,24-25H,6-7,10H2,1-2H3,(H2,22,27)/t13-/m1/s1. The van der Waals surface area contributed by atoms with Crippen LogP contribution >= 0.6 is 0 Å². The molecule has 0 bridgehead atoms. The number of aromatic nitrogens is 2. The van der Waals surface area contributed by atoms with Crippen LogP contribution in [0.4, 0.5) is 5.69 Å². The fraction of sp³-hybridized carbons (Fsp3) is 0.333. The summed E-state index contributed by atoms with van der Waals surface area (Å²) in [6.45, 7) is 2.33. The average molecular weight is 428 g/mol. The zero-order chi connectivity index (χ0) is 21.5. The minimum absolute atomic E-state index is 0.218. The number of fused-ring (bicyclic) bond motifs is 1. The number of benzene rings is 1. The third-order valence-electron chi connectivity index (χ3n) is 5.40. The predicted octanol–water partition coefficient (Wildman–Crippen LogP) is 2.36. The minimum Gasteiger partial charge on any atom is -0.380 e. The molecule has 158 valence electrons. The smallest absolute Gasteiger partial charge is 0.252 e. The molecule has 1 aromatic carbocycles. The van der Waals surface area contributed by atoms with E-state index in [0.717, 1.165) is 28.5 Å². The second-order valence-electron chi connectivity index (χ2n) is 7.92. The number of hydrogen-bond acceptors (Lipinski definition) is 5. The number of primary amides is 1. The van der Waals surface area contributed by atoms with E-state index in [9.17, 15) is 13.2 Å². The molecule has 0 radical (unpaired) electrons. The molecule has 0 spiro atoms. The van der Waals surface area contributed by atoms with E-state index < -0.39 is 15.9 Å². The molecule has 8 nitrogen and oxygen atoms in total. The maximum absolute atomic E-state index is 12.0. The van der Waals surface area contributed by atoms with Gasteiger partial charge >= 0.3 is 0 Å². The van der Waals surface area contributed by atoms with Gasteiger partial charge < -0.3 is 11.1 Å². The van der Waals surface area contributed by atoms with Crippen LogP contribution in [0.5, 0.6) is 0 Å². The van der Waals surface area contributed by atoms with Gasteiger partial charge in [-0.2, -0.15) is 5.10 Å². The first-order valence-corrected chi connectivity index (χ1v) is 11.7. The maximum atomic E-state index is 12.0. The van der Waals surface area contributed by atoms with Gasteiger partial charge in [-0.1, -0.05) is 18.2 Å². The van der Waals surface area contributed by atoms with Crippen molar-refractivity contribution < 1.29 is 13.2 Å². The highest BCUT2D eigenvalue weighted by molar-refractivity contribution is 7.88. The Morgan fingerprint density at radius 2 is 2.07 bits per heavy atom. The fourth-order valence-corrected chi connectivity index (χ4v) is 4.00. The summed E-state index contributed by atoms with van der Waals surface area (Å²) in [4.78, 5) is 12.0. The van der Waals surface area contributed by atoms with E-state index in [1.165, 1.54) is 19.0 Å². The fourth-order valence-electron chi connectivity index (χ4n) is 3.57. The summed E-state index contributed by atoms with van der Waals surface area (Å²) in [6, 6.07) is 9.83. The Kier molecular flexibility index (Phi) is 5.25. The number of nitrogens with one attached hydrogen (secondary N) is 2. The summed E-state index contributed by atoms with van der Waals surface area (Å²) in [5, 5.41) is 7.82. The van der Waals surface area contributed by atoms with Crippen LogP contribution in [-0.2, 0) is 16.6 Å². The number of carbonyl (C=O) groups is 1. The Hall–Kier alpha value is -2.91. The monoisotopic (exact) mass is 427 g/mol. The van der Waals surface area contributed by atoms with E-state index in [4.69, 9.17) is 5.73 Å². The highest BCUT2D eigenvalue weighted by atomic mass is 32.2. The van der Waals surface area contributed by atoms with Crippen LogP contribution in [0.25, 0.3) is 16.6 Å². The molecular weight excluding hydrogens is 402 g/mol. The number of nitrogens with zero attached hydrogens (tertiary/aromatic N) is 2. The zero-order valence-corrected chi connectivity index (χ0v) is 17.7. The summed E-state index contributed by atoms with van der Waals surface area (Å²) in [6.07, 6.45) is 6.88. The maximum Gasteiger partial charge on any atom is 0.252 e. The van der Waals surface area contributed by atoms with Crippen LogP contribution in [0.1, 0.15) is 35.7 Å². The van der Waals surface area contributed by atoms with Gasteiger partial charge in [-0.05, 0) is 48.9 Å². The first-order valence-electron chi connectivity index (χ1n) is 9.83. The van der Waals surface area contributed by atoms with Crippen molar-refractivity contribution in [2.24, 2.45) is 11.7 Å². The van der Waals surface area contributed by atoms with Gasteiger partial charge in [-0.3, -0.25) is 4.79 Å². The summed E-state index contributed by atoms with van der Waals surface area (Å²) in [5.41, 5.74) is 10.1. The van der Waals surface area contributed by atoms with Gasteiger partial charge in [-0.25, -0.2) is 17.7 Å². The summed E-state index contributed by atoms with van der Waals surface area (Å²) in [7, 11) is -3.27. The molecule has 0 unspecified atom stereocenters. The van der Waals surface area contributed by atoms with Crippen LogP contribution in [0.3, 0.4) is 0 Å². The summed E-state index contributed by atoms with van der Waals surface area (Å²) >= 11 is 0. The molecule has 1 atom stereocenters. The molecule has 4 rings (SSSR count). The normalized spacial score (nSPS) is 15.3. The average Bonchev–Trinajstić information content (AvgIpc) is 3.45. The number of anilines is 1. The van der Waals surface area contributed by atoms with E-state index in [1.807, 2.05) is 36.5 Å². The van der Waals surface area contributed by atoms with E-state index in [0.29, 0.717) is 17.2 Å². The van der Waals surface area contributed by atoms with Gasteiger partial charge in [0.25, 0.3) is 5.91 Å². The molecule has 3 aromatic rings. The SMILES string of the molecule is C[C@@H](Nc1c(C(N)=O)cnn2cc(-c3cccc(CNS(C)(=O)=O)c3)cc12)C1CC1. The lowest BCUT2D eigenvalue weighted by atomic mass is 10.1. The third kappa shape index (κ3) is 4.47. The van der Waals surface area contributed by atoms with Gasteiger partial charge in [0.1, 0.15) is 0 Å². The molecule has 30 heavy (non-hydrogen) atoms. The van der Waals surface area contributed by atoms with Gasteiger partial charge in [-0.15, -0.1) is 0 Å². The van der Waals surface area contributed by atoms with E-state index >= 15 is 0 Å². The van der Waals surface area contributed by atoms with E-state index in [-0.39, 0.29) is 12.6 Å². The Morgan fingerprint density at radius 1 is 1.30 bits per heavy atom. The van der Waals surface area contributed by atoms with Crippen molar-refractivity contribution in [3.8, 4) is 11.1 Å². The molecule has 0 aliphatic heterocycles. The van der Waals surface area contributed by atoms with Crippen molar-refractivity contribution >= 4 is 27.1 Å². The summed E-state index contributed by atoms with van der Waals surface area (Å²) < 4.78 is 27.0. The second kappa shape index (κ2) is 7.73. The van der Waals surface area contributed by atoms with Crippen LogP contribution in [0.2, 0.25) is 0 Å². The van der Waals surface area contributed by atoms with Crippen molar-refractivity contribution in [1.29, 1.82) is 0 Å². The lowest BCUT2D eigenvalue weighted by Gasteiger charge is -2.17. The number of rotatable bonds is 8. The number of carbonyl (C=O) groups excluding carboxylic acids is 1. The molecule has 1 saturated carbocycles. The van der Waals surface area contributed by atoms with E-state index in [2.05, 4.69) is 22.1 Å². The molecule has 0 saturated heterocycles. The van der Waals surface area contributed by atoms with Crippen molar-refractivity contribution in [3.63, 3.8) is 0 Å². The lowest BCUT2D eigenvalue weighted by Crippen LogP contribution is -2.22. The van der Waals surface area contributed by atoms with Crippen molar-refractivity contribution in [1.82, 2.24) is 14.3 Å². The van der Waals surface area contributed by atoms with Crippen molar-refractivity contribution in [3.05, 3.63) is 53.9 Å². The number of sulfonamides is 1. The summed E-state index contributed by atoms with van der Waals surface area (Å²) in [5.74, 6) is 0.0829. The highest BCUT2D eigenvalue weighted by Gasteiger charge is 2.29. The second-order valence-corrected chi connectivity index (χ2v) is 9.75. The highest BCUT2D eigenvalue weighted by Crippen LogP contribution is 2.36. The Morgan fingerprint density at radius 3 is 2.73 bits per heavy atom. The Labute approximate surface area is 175 Å². The van der Waals surface area contributed by atoms with Gasteiger partial charge in [0.15, 0.2) is 0 Å². The number of nitrogens with two attached hydrogens (primary N) is 1. The number of hydrogen-bond donors (Lipinski definition) is 3. The molecular formula is C21H25N5O3S. The Balaban J connectivity index is 1.72. The van der Waals surface area contributed by atoms with Crippen LogP contribution < -0.4 is 15.8 Å². The van der Waals surface area contributed by atoms with Gasteiger partial charge in [0, 0.05) is 24.3 Å². The quantitative estimate of drug-likeness (QED) is 0.510. The van der Waals surface area contributed by atoms with Gasteiger partial charge in [0.2, 0.25) is 10.0 Å².